The van der Waals surface area contributed by atoms with Gasteiger partial charge in [0.05, 0.1) is 13.7 Å². The van der Waals surface area contributed by atoms with Gasteiger partial charge in [0.1, 0.15) is 6.61 Å². The van der Waals surface area contributed by atoms with Crippen LogP contribution in [0.5, 0.6) is 11.5 Å². The van der Waals surface area contributed by atoms with E-state index in [1.54, 1.807) is 23.9 Å². The van der Waals surface area contributed by atoms with Gasteiger partial charge in [-0.15, -0.1) is 0 Å². The number of ether oxygens (including phenoxy) is 2. The van der Waals surface area contributed by atoms with Crippen LogP contribution in [0.3, 0.4) is 0 Å². The van der Waals surface area contributed by atoms with E-state index in [2.05, 4.69) is 0 Å². The van der Waals surface area contributed by atoms with E-state index in [9.17, 15) is 4.79 Å². The minimum atomic E-state index is -0.0594. The summed E-state index contributed by atoms with van der Waals surface area (Å²) in [4.78, 5) is 11.6. The molecule has 112 valence electrons. The maximum Gasteiger partial charge on any atom is 0.250 e. The zero-order valence-electron chi connectivity index (χ0n) is 12.3. The fraction of sp³-hybridized carbons (Fsp3) is 0.312. The Morgan fingerprint density at radius 1 is 1.24 bits per heavy atom. The molecule has 0 radical (unpaired) electrons. The molecule has 1 aromatic carbocycles. The number of benzene rings is 1. The summed E-state index contributed by atoms with van der Waals surface area (Å²) in [5.74, 6) is 1.29. The zero-order chi connectivity index (χ0) is 15.2. The van der Waals surface area contributed by atoms with Crippen molar-refractivity contribution in [3.05, 3.63) is 58.5 Å². The molecule has 21 heavy (non-hydrogen) atoms. The van der Waals surface area contributed by atoms with Gasteiger partial charge in [0, 0.05) is 18.3 Å². The van der Waals surface area contributed by atoms with Crippen molar-refractivity contribution in [1.82, 2.24) is 4.57 Å². The number of hydrogen-bond donors (Lipinski definition) is 1. The first-order valence-corrected chi connectivity index (χ1v) is 6.83. The number of rotatable bonds is 6. The molecule has 1 unspecified atom stereocenters. The summed E-state index contributed by atoms with van der Waals surface area (Å²) in [5.41, 5.74) is 6.79. The van der Waals surface area contributed by atoms with Crippen molar-refractivity contribution in [1.29, 1.82) is 0 Å². The lowest BCUT2D eigenvalue weighted by molar-refractivity contribution is 0.278. The van der Waals surface area contributed by atoms with Crippen molar-refractivity contribution in [2.24, 2.45) is 5.73 Å². The molecule has 1 atom stereocenters. The van der Waals surface area contributed by atoms with Crippen molar-refractivity contribution in [3.63, 3.8) is 0 Å². The second-order valence-electron chi connectivity index (χ2n) is 4.78. The van der Waals surface area contributed by atoms with Crippen LogP contribution in [0.25, 0.3) is 0 Å². The maximum atomic E-state index is 11.6. The predicted octanol–water partition coefficient (Wildman–Crippen LogP) is 1.96. The molecule has 0 aliphatic carbocycles. The third-order valence-electron chi connectivity index (χ3n) is 3.20. The molecule has 0 saturated carbocycles. The molecule has 1 aromatic heterocycles. The Bertz CT molecular complexity index is 650. The lowest BCUT2D eigenvalue weighted by Crippen LogP contribution is -2.21. The van der Waals surface area contributed by atoms with Gasteiger partial charge in [-0.25, -0.2) is 0 Å². The van der Waals surface area contributed by atoms with Crippen LogP contribution in [-0.4, -0.2) is 18.3 Å². The lowest BCUT2D eigenvalue weighted by Gasteiger charge is -2.14. The zero-order valence-corrected chi connectivity index (χ0v) is 12.3. The van der Waals surface area contributed by atoms with Crippen LogP contribution in [0, 0.1) is 0 Å². The van der Waals surface area contributed by atoms with Crippen LogP contribution in [0.4, 0.5) is 0 Å². The molecule has 5 heteroatoms. The quantitative estimate of drug-likeness (QED) is 0.882. The third kappa shape index (κ3) is 3.86. The Balaban J connectivity index is 2.03. The molecule has 0 saturated heterocycles. The van der Waals surface area contributed by atoms with E-state index in [0.717, 1.165) is 5.56 Å². The molecule has 0 bridgehead atoms. The maximum absolute atomic E-state index is 11.6. The number of methoxy groups -OCH3 is 1. The summed E-state index contributed by atoms with van der Waals surface area (Å²) in [6.07, 6.45) is 1.74. The highest BCUT2D eigenvalue weighted by molar-refractivity contribution is 5.43. The molecule has 5 nitrogen and oxygen atoms in total. The standard InChI is InChI=1S/C16H20N2O3/c1-12(17)13-6-7-14(15(11-13)20-2)21-10-9-18-8-4-3-5-16(18)19/h3-8,11-12H,9-10,17H2,1-2H3. The Kier molecular flexibility index (Phi) is 5.00. The van der Waals surface area contributed by atoms with E-state index in [0.29, 0.717) is 24.7 Å². The van der Waals surface area contributed by atoms with Gasteiger partial charge in [-0.3, -0.25) is 4.79 Å². The van der Waals surface area contributed by atoms with E-state index >= 15 is 0 Å². The molecular formula is C16H20N2O3. The number of hydrogen-bond acceptors (Lipinski definition) is 4. The van der Waals surface area contributed by atoms with E-state index in [4.69, 9.17) is 15.2 Å². The SMILES string of the molecule is COc1cc(C(C)N)ccc1OCCn1ccccc1=O. The molecule has 2 aromatic rings. The number of aromatic nitrogens is 1. The van der Waals surface area contributed by atoms with Crippen LogP contribution in [0.1, 0.15) is 18.5 Å². The molecule has 0 spiro atoms. The minimum Gasteiger partial charge on any atom is -0.493 e. The lowest BCUT2D eigenvalue weighted by atomic mass is 10.1. The van der Waals surface area contributed by atoms with Crippen LogP contribution in [0.15, 0.2) is 47.4 Å². The first-order valence-electron chi connectivity index (χ1n) is 6.83. The van der Waals surface area contributed by atoms with Crippen molar-refractivity contribution in [2.75, 3.05) is 13.7 Å². The topological polar surface area (TPSA) is 66.5 Å². The second-order valence-corrected chi connectivity index (χ2v) is 4.78. The summed E-state index contributed by atoms with van der Waals surface area (Å²) in [7, 11) is 1.59. The summed E-state index contributed by atoms with van der Waals surface area (Å²) in [6, 6.07) is 10.6. The van der Waals surface area contributed by atoms with Crippen molar-refractivity contribution in [2.45, 2.75) is 19.5 Å². The summed E-state index contributed by atoms with van der Waals surface area (Å²) in [5, 5.41) is 0. The van der Waals surface area contributed by atoms with E-state index < -0.39 is 0 Å². The van der Waals surface area contributed by atoms with E-state index in [1.165, 1.54) is 6.07 Å². The van der Waals surface area contributed by atoms with Gasteiger partial charge in [0.25, 0.3) is 5.56 Å². The minimum absolute atomic E-state index is 0.0413. The van der Waals surface area contributed by atoms with Crippen molar-refractivity contribution < 1.29 is 9.47 Å². The van der Waals surface area contributed by atoms with Gasteiger partial charge in [-0.2, -0.15) is 0 Å². The normalized spacial score (nSPS) is 12.0. The molecule has 0 aliphatic heterocycles. The van der Waals surface area contributed by atoms with Gasteiger partial charge in [-0.1, -0.05) is 12.1 Å². The van der Waals surface area contributed by atoms with Crippen LogP contribution < -0.4 is 20.8 Å². The third-order valence-corrected chi connectivity index (χ3v) is 3.20. The van der Waals surface area contributed by atoms with E-state index in [-0.39, 0.29) is 11.6 Å². The van der Waals surface area contributed by atoms with Gasteiger partial charge < -0.3 is 19.8 Å². The average molecular weight is 288 g/mol. The fourth-order valence-electron chi connectivity index (χ4n) is 1.99. The predicted molar refractivity (Wildman–Crippen MR) is 81.8 cm³/mol. The molecule has 0 fully saturated rings. The largest absolute Gasteiger partial charge is 0.493 e. The Morgan fingerprint density at radius 3 is 2.71 bits per heavy atom. The molecule has 0 aliphatic rings. The van der Waals surface area contributed by atoms with Crippen molar-refractivity contribution >= 4 is 0 Å². The molecule has 2 rings (SSSR count). The highest BCUT2D eigenvalue weighted by atomic mass is 16.5. The first kappa shape index (κ1) is 15.1. The highest BCUT2D eigenvalue weighted by Crippen LogP contribution is 2.29. The number of nitrogens with zero attached hydrogens (tertiary/aromatic N) is 1. The summed E-state index contributed by atoms with van der Waals surface area (Å²) in [6.45, 7) is 2.78. The van der Waals surface area contributed by atoms with Gasteiger partial charge in [-0.05, 0) is 30.7 Å². The Labute approximate surface area is 123 Å². The average Bonchev–Trinajstić information content (AvgIpc) is 2.49. The number of nitrogens with two attached hydrogens (primary N) is 1. The Hall–Kier alpha value is -2.27. The van der Waals surface area contributed by atoms with E-state index in [1.807, 2.05) is 31.2 Å². The summed E-state index contributed by atoms with van der Waals surface area (Å²) < 4.78 is 12.6. The first-order chi connectivity index (χ1) is 10.1. The van der Waals surface area contributed by atoms with Gasteiger partial charge >= 0.3 is 0 Å². The molecular weight excluding hydrogens is 268 g/mol. The second kappa shape index (κ2) is 6.95. The fourth-order valence-corrected chi connectivity index (χ4v) is 1.99. The smallest absolute Gasteiger partial charge is 0.250 e. The van der Waals surface area contributed by atoms with Gasteiger partial charge in [0.15, 0.2) is 11.5 Å². The molecule has 0 amide bonds. The highest BCUT2D eigenvalue weighted by Gasteiger charge is 2.08. The molecule has 2 N–H and O–H groups in total. The van der Waals surface area contributed by atoms with Crippen LogP contribution in [0.2, 0.25) is 0 Å². The number of pyridine rings is 1. The summed E-state index contributed by atoms with van der Waals surface area (Å²) >= 11 is 0. The molecule has 1 heterocycles. The Morgan fingerprint density at radius 2 is 2.05 bits per heavy atom. The monoisotopic (exact) mass is 288 g/mol. The van der Waals surface area contributed by atoms with Crippen molar-refractivity contribution in [3.8, 4) is 11.5 Å². The van der Waals surface area contributed by atoms with Crippen LogP contribution >= 0.6 is 0 Å². The van der Waals surface area contributed by atoms with Gasteiger partial charge in [0.2, 0.25) is 0 Å². The van der Waals surface area contributed by atoms with Crippen LogP contribution in [-0.2, 0) is 6.54 Å².